The zero-order valence-electron chi connectivity index (χ0n) is 10.5. The second kappa shape index (κ2) is 6.35. The van der Waals surface area contributed by atoms with Gasteiger partial charge in [0.05, 0.1) is 6.61 Å². The predicted octanol–water partition coefficient (Wildman–Crippen LogP) is -0.891. The number of aromatic nitrogens is 2. The molecular formula is C10H13ClFN5O4. The summed E-state index contributed by atoms with van der Waals surface area (Å²) in [5.41, 5.74) is 5.57. The molecule has 0 spiro atoms. The first-order valence-corrected chi connectivity index (χ1v) is 6.23. The number of aliphatic hydroxyl groups excluding tert-OH is 2. The maximum absolute atomic E-state index is 13.9. The molecule has 0 unspecified atom stereocenters. The molecule has 0 saturated carbocycles. The Kier molecular flexibility index (Phi) is 4.73. The van der Waals surface area contributed by atoms with Crippen LogP contribution in [0.4, 0.5) is 21.7 Å². The van der Waals surface area contributed by atoms with E-state index in [0.717, 1.165) is 0 Å². The molecule has 1 aliphatic rings. The first-order valence-electron chi connectivity index (χ1n) is 5.85. The topological polar surface area (TPSA) is 143 Å². The Morgan fingerprint density at radius 1 is 1.48 bits per heavy atom. The maximum Gasteiger partial charge on any atom is 0.226 e. The molecule has 2 rings (SSSR count). The number of aliphatic hydroxyl groups is 2. The normalized spacial score (nSPS) is 29.0. The molecule has 116 valence electrons. The molecule has 0 radical (unpaired) electrons. The maximum atomic E-state index is 13.9. The van der Waals surface area contributed by atoms with Crippen LogP contribution < -0.4 is 16.4 Å². The van der Waals surface area contributed by atoms with E-state index in [-0.39, 0.29) is 29.2 Å². The van der Waals surface area contributed by atoms with Gasteiger partial charge in [-0.1, -0.05) is 0 Å². The number of carbonyl (C=O) groups excluding carboxylic acids is 1. The molecule has 0 aliphatic carbocycles. The van der Waals surface area contributed by atoms with E-state index >= 15 is 0 Å². The Morgan fingerprint density at radius 2 is 2.19 bits per heavy atom. The van der Waals surface area contributed by atoms with E-state index in [4.69, 9.17) is 22.1 Å². The molecular weight excluding hydrogens is 309 g/mol. The fraction of sp³-hybridized carbons (Fsp3) is 0.500. The standard InChI is InChI=1S/C10H13ClFN5O4/c11-10-15-7(13)5(14-2-18)8(17-10)16-9-4(12)6(20)3(19)1-21-9/h2-4,6,9,19-20H,1H2,(H,14,18)(H3,13,15,16,17)/t3-,4+,6-,9-/m1/s1. The number of amides is 1. The van der Waals surface area contributed by atoms with Gasteiger partial charge in [0.2, 0.25) is 11.7 Å². The van der Waals surface area contributed by atoms with Gasteiger partial charge in [0.25, 0.3) is 0 Å². The number of nitrogens with one attached hydrogen (secondary N) is 2. The minimum atomic E-state index is -1.92. The lowest BCUT2D eigenvalue weighted by Crippen LogP contribution is -2.53. The number of hydrogen-bond acceptors (Lipinski definition) is 8. The van der Waals surface area contributed by atoms with E-state index in [1.165, 1.54) is 0 Å². The van der Waals surface area contributed by atoms with E-state index in [2.05, 4.69) is 20.6 Å². The molecule has 1 aromatic heterocycles. The molecule has 1 amide bonds. The Hall–Kier alpha value is -1.75. The number of nitrogens with two attached hydrogens (primary N) is 1. The van der Waals surface area contributed by atoms with E-state index in [1.807, 2.05) is 0 Å². The van der Waals surface area contributed by atoms with Gasteiger partial charge < -0.3 is 31.3 Å². The minimum Gasteiger partial charge on any atom is -0.388 e. The molecule has 21 heavy (non-hydrogen) atoms. The van der Waals surface area contributed by atoms with Crippen molar-refractivity contribution in [2.45, 2.75) is 24.6 Å². The van der Waals surface area contributed by atoms with Gasteiger partial charge in [0.1, 0.15) is 17.9 Å². The molecule has 9 nitrogen and oxygen atoms in total. The molecule has 1 fully saturated rings. The highest BCUT2D eigenvalue weighted by atomic mass is 35.5. The zero-order valence-corrected chi connectivity index (χ0v) is 11.3. The quantitative estimate of drug-likeness (QED) is 0.355. The van der Waals surface area contributed by atoms with Crippen LogP contribution in [0.5, 0.6) is 0 Å². The van der Waals surface area contributed by atoms with Crippen molar-refractivity contribution >= 4 is 35.3 Å². The Morgan fingerprint density at radius 3 is 2.86 bits per heavy atom. The number of carbonyl (C=O) groups is 1. The molecule has 11 heteroatoms. The average Bonchev–Trinajstić information content (AvgIpc) is 2.43. The van der Waals surface area contributed by atoms with Crippen molar-refractivity contribution in [3.63, 3.8) is 0 Å². The van der Waals surface area contributed by atoms with Crippen molar-refractivity contribution in [3.05, 3.63) is 5.28 Å². The smallest absolute Gasteiger partial charge is 0.226 e. The third-order valence-corrected chi connectivity index (χ3v) is 3.02. The third kappa shape index (κ3) is 3.29. The number of anilines is 3. The SMILES string of the molecule is Nc1nc(Cl)nc(N[C@@H]2OC[C@@H](O)[C@@H](O)[C@@H]2F)c1NC=O. The molecule has 1 aromatic rings. The van der Waals surface area contributed by atoms with Gasteiger partial charge in [-0.05, 0) is 11.6 Å². The molecule has 1 saturated heterocycles. The highest BCUT2D eigenvalue weighted by Crippen LogP contribution is 2.29. The van der Waals surface area contributed by atoms with Crippen LogP contribution in [-0.2, 0) is 9.53 Å². The summed E-state index contributed by atoms with van der Waals surface area (Å²) < 4.78 is 18.9. The van der Waals surface area contributed by atoms with E-state index in [1.54, 1.807) is 0 Å². The van der Waals surface area contributed by atoms with E-state index in [0.29, 0.717) is 6.41 Å². The molecule has 6 N–H and O–H groups in total. The number of alkyl halides is 1. The van der Waals surface area contributed by atoms with Crippen LogP contribution >= 0.6 is 11.6 Å². The summed E-state index contributed by atoms with van der Waals surface area (Å²) >= 11 is 5.65. The fourth-order valence-electron chi connectivity index (χ4n) is 1.80. The van der Waals surface area contributed by atoms with E-state index < -0.39 is 24.6 Å². The predicted molar refractivity (Wildman–Crippen MR) is 71.4 cm³/mol. The van der Waals surface area contributed by atoms with Crippen molar-refractivity contribution in [2.24, 2.45) is 0 Å². The summed E-state index contributed by atoms with van der Waals surface area (Å²) in [5.74, 6) is -0.202. The van der Waals surface area contributed by atoms with Crippen molar-refractivity contribution in [2.75, 3.05) is 23.0 Å². The van der Waals surface area contributed by atoms with E-state index in [9.17, 15) is 19.4 Å². The van der Waals surface area contributed by atoms with Crippen LogP contribution in [0.2, 0.25) is 5.28 Å². The molecule has 1 aliphatic heterocycles. The summed E-state index contributed by atoms with van der Waals surface area (Å²) in [6.45, 7) is -0.274. The molecule has 2 heterocycles. The lowest BCUT2D eigenvalue weighted by molar-refractivity contribution is -0.155. The van der Waals surface area contributed by atoms with Crippen LogP contribution in [-0.4, -0.2) is 57.8 Å². The van der Waals surface area contributed by atoms with Crippen LogP contribution in [0, 0.1) is 0 Å². The number of halogens is 2. The lowest BCUT2D eigenvalue weighted by atomic mass is 10.1. The molecule has 0 bridgehead atoms. The highest BCUT2D eigenvalue weighted by Gasteiger charge is 2.39. The van der Waals surface area contributed by atoms with Gasteiger partial charge in [0.15, 0.2) is 24.0 Å². The second-order valence-electron chi connectivity index (χ2n) is 4.26. The monoisotopic (exact) mass is 321 g/mol. The molecule has 0 aromatic carbocycles. The van der Waals surface area contributed by atoms with Crippen LogP contribution in [0.3, 0.4) is 0 Å². The van der Waals surface area contributed by atoms with Crippen molar-refractivity contribution < 1.29 is 24.1 Å². The average molecular weight is 322 g/mol. The Balaban J connectivity index is 2.24. The fourth-order valence-corrected chi connectivity index (χ4v) is 1.97. The number of nitrogen functional groups attached to an aromatic ring is 1. The summed E-state index contributed by atoms with van der Waals surface area (Å²) in [6, 6.07) is 0. The number of ether oxygens (including phenoxy) is 1. The van der Waals surface area contributed by atoms with Crippen LogP contribution in [0.15, 0.2) is 0 Å². The Labute approximate surface area is 123 Å². The van der Waals surface area contributed by atoms with Gasteiger partial charge in [-0.15, -0.1) is 0 Å². The van der Waals surface area contributed by atoms with Gasteiger partial charge in [-0.2, -0.15) is 9.97 Å². The van der Waals surface area contributed by atoms with Gasteiger partial charge in [-0.25, -0.2) is 4.39 Å². The minimum absolute atomic E-state index is 0.00851. The van der Waals surface area contributed by atoms with Crippen molar-refractivity contribution in [3.8, 4) is 0 Å². The van der Waals surface area contributed by atoms with Gasteiger partial charge in [0, 0.05) is 0 Å². The summed E-state index contributed by atoms with van der Waals surface area (Å²) in [6.07, 6.45) is -5.84. The zero-order chi connectivity index (χ0) is 15.6. The number of rotatable bonds is 4. The third-order valence-electron chi connectivity index (χ3n) is 2.85. The van der Waals surface area contributed by atoms with Crippen molar-refractivity contribution in [1.82, 2.24) is 9.97 Å². The summed E-state index contributed by atoms with van der Waals surface area (Å²) in [7, 11) is 0. The molecule has 4 atom stereocenters. The van der Waals surface area contributed by atoms with Gasteiger partial charge >= 0.3 is 0 Å². The first kappa shape index (κ1) is 15.6. The summed E-state index contributed by atoms with van der Waals surface area (Å²) in [4.78, 5) is 18.0. The largest absolute Gasteiger partial charge is 0.388 e. The number of nitrogens with zero attached hydrogens (tertiary/aromatic N) is 2. The lowest BCUT2D eigenvalue weighted by Gasteiger charge is -2.34. The highest BCUT2D eigenvalue weighted by molar-refractivity contribution is 6.28. The van der Waals surface area contributed by atoms with Crippen LogP contribution in [0.25, 0.3) is 0 Å². The van der Waals surface area contributed by atoms with Crippen LogP contribution in [0.1, 0.15) is 0 Å². The second-order valence-corrected chi connectivity index (χ2v) is 4.60. The van der Waals surface area contributed by atoms with Crippen molar-refractivity contribution in [1.29, 1.82) is 0 Å². The first-order chi connectivity index (χ1) is 9.93. The van der Waals surface area contributed by atoms with Gasteiger partial charge in [-0.3, -0.25) is 4.79 Å². The number of hydrogen-bond donors (Lipinski definition) is 5. The Bertz CT molecular complexity index is 536. The summed E-state index contributed by atoms with van der Waals surface area (Å²) in [5, 5.41) is 23.3.